The molecule has 1 rings (SSSR count). The summed E-state index contributed by atoms with van der Waals surface area (Å²) in [5.41, 5.74) is -0.772. The molecule has 0 radical (unpaired) electrons. The number of hydrogen-bond donors (Lipinski definition) is 2. The normalized spacial score (nSPS) is 13.4. The van der Waals surface area contributed by atoms with Crippen molar-refractivity contribution in [2.24, 2.45) is 0 Å². The van der Waals surface area contributed by atoms with Crippen LogP contribution in [0, 0.1) is 21.4 Å². The van der Waals surface area contributed by atoms with E-state index in [0.717, 1.165) is 12.3 Å². The van der Waals surface area contributed by atoms with Gasteiger partial charge in [-0.2, -0.15) is 5.26 Å². The standard InChI is InChI=1S/C11H14N4O3/c1-3-11(2,7-16)14-10-8(5-12)4-9(6-13-10)15(17)18/h4,6,16H,3,7H2,1-2H3,(H,13,14). The smallest absolute Gasteiger partial charge is 0.289 e. The molecule has 1 aromatic rings. The Bertz CT molecular complexity index is 492. The van der Waals surface area contributed by atoms with E-state index in [9.17, 15) is 15.2 Å². The van der Waals surface area contributed by atoms with Gasteiger partial charge in [0.15, 0.2) is 0 Å². The summed E-state index contributed by atoms with van der Waals surface area (Å²) in [6.07, 6.45) is 1.70. The molecule has 0 bridgehead atoms. The first-order valence-electron chi connectivity index (χ1n) is 5.39. The largest absolute Gasteiger partial charge is 0.394 e. The third-order valence-corrected chi connectivity index (χ3v) is 2.75. The number of pyridine rings is 1. The van der Waals surface area contributed by atoms with Gasteiger partial charge in [0.1, 0.15) is 23.6 Å². The summed E-state index contributed by atoms with van der Waals surface area (Å²) in [7, 11) is 0. The van der Waals surface area contributed by atoms with Crippen LogP contribution in [0.15, 0.2) is 12.3 Å². The molecule has 0 aliphatic heterocycles. The Morgan fingerprint density at radius 2 is 2.39 bits per heavy atom. The van der Waals surface area contributed by atoms with Crippen molar-refractivity contribution in [1.29, 1.82) is 5.26 Å². The maximum atomic E-state index is 10.6. The maximum absolute atomic E-state index is 10.6. The van der Waals surface area contributed by atoms with Crippen molar-refractivity contribution in [1.82, 2.24) is 4.98 Å². The number of aromatic nitrogens is 1. The van der Waals surface area contributed by atoms with Crippen molar-refractivity contribution < 1.29 is 10.0 Å². The van der Waals surface area contributed by atoms with Crippen molar-refractivity contribution in [3.8, 4) is 6.07 Å². The number of anilines is 1. The lowest BCUT2D eigenvalue weighted by atomic mass is 10.00. The first-order valence-corrected chi connectivity index (χ1v) is 5.39. The molecule has 0 saturated carbocycles. The molecule has 1 unspecified atom stereocenters. The van der Waals surface area contributed by atoms with Crippen LogP contribution in [0.25, 0.3) is 0 Å². The van der Waals surface area contributed by atoms with E-state index in [1.807, 2.05) is 13.0 Å². The fraction of sp³-hybridized carbons (Fsp3) is 0.455. The average Bonchev–Trinajstić information content (AvgIpc) is 2.38. The molecule has 1 heterocycles. The molecule has 0 aromatic carbocycles. The zero-order chi connectivity index (χ0) is 13.8. The molecule has 18 heavy (non-hydrogen) atoms. The minimum atomic E-state index is -0.616. The molecule has 7 nitrogen and oxygen atoms in total. The second kappa shape index (κ2) is 5.42. The molecule has 96 valence electrons. The van der Waals surface area contributed by atoms with Crippen LogP contribution in [0.3, 0.4) is 0 Å². The van der Waals surface area contributed by atoms with E-state index in [1.54, 1.807) is 6.92 Å². The molecule has 1 atom stereocenters. The topological polar surface area (TPSA) is 112 Å². The van der Waals surface area contributed by atoms with Gasteiger partial charge in [-0.05, 0) is 13.3 Å². The van der Waals surface area contributed by atoms with Gasteiger partial charge in [-0.3, -0.25) is 10.1 Å². The molecular weight excluding hydrogens is 236 g/mol. The van der Waals surface area contributed by atoms with E-state index in [2.05, 4.69) is 10.3 Å². The number of rotatable bonds is 5. The highest BCUT2D eigenvalue weighted by Crippen LogP contribution is 2.22. The third-order valence-electron chi connectivity index (χ3n) is 2.75. The number of nitro groups is 1. The van der Waals surface area contributed by atoms with Crippen LogP contribution >= 0.6 is 0 Å². The number of aliphatic hydroxyl groups is 1. The van der Waals surface area contributed by atoms with Gasteiger partial charge in [-0.25, -0.2) is 4.98 Å². The van der Waals surface area contributed by atoms with E-state index in [0.29, 0.717) is 6.42 Å². The number of hydrogen-bond acceptors (Lipinski definition) is 6. The average molecular weight is 250 g/mol. The molecule has 7 heteroatoms. The van der Waals surface area contributed by atoms with Crippen LogP contribution in [0.4, 0.5) is 11.5 Å². The second-order valence-electron chi connectivity index (χ2n) is 4.16. The Morgan fingerprint density at radius 1 is 1.72 bits per heavy atom. The highest BCUT2D eigenvalue weighted by atomic mass is 16.6. The molecule has 0 fully saturated rings. The van der Waals surface area contributed by atoms with Gasteiger partial charge in [0.05, 0.1) is 17.1 Å². The summed E-state index contributed by atoms with van der Waals surface area (Å²) in [4.78, 5) is 13.8. The zero-order valence-electron chi connectivity index (χ0n) is 10.2. The summed E-state index contributed by atoms with van der Waals surface area (Å²) in [6, 6.07) is 3.01. The Labute approximate surface area is 104 Å². The van der Waals surface area contributed by atoms with Crippen LogP contribution < -0.4 is 5.32 Å². The molecule has 0 saturated heterocycles. The van der Waals surface area contributed by atoms with Gasteiger partial charge in [0.2, 0.25) is 0 Å². The van der Waals surface area contributed by atoms with E-state index in [-0.39, 0.29) is 23.7 Å². The Morgan fingerprint density at radius 3 is 2.83 bits per heavy atom. The van der Waals surface area contributed by atoms with Gasteiger partial charge < -0.3 is 10.4 Å². The first kappa shape index (κ1) is 13.9. The molecule has 1 aromatic heterocycles. The summed E-state index contributed by atoms with van der Waals surface area (Å²) in [5, 5.41) is 31.7. The lowest BCUT2D eigenvalue weighted by molar-refractivity contribution is -0.385. The monoisotopic (exact) mass is 250 g/mol. The summed E-state index contributed by atoms with van der Waals surface area (Å²) < 4.78 is 0. The number of aliphatic hydroxyl groups excluding tert-OH is 1. The summed E-state index contributed by atoms with van der Waals surface area (Å²) >= 11 is 0. The van der Waals surface area contributed by atoms with Crippen molar-refractivity contribution in [2.45, 2.75) is 25.8 Å². The van der Waals surface area contributed by atoms with Gasteiger partial charge in [0, 0.05) is 6.07 Å². The number of nitriles is 1. The molecule has 0 aliphatic rings. The van der Waals surface area contributed by atoms with Crippen LogP contribution in [-0.4, -0.2) is 27.2 Å². The molecule has 0 amide bonds. The lowest BCUT2D eigenvalue weighted by Crippen LogP contribution is -2.38. The predicted molar refractivity (Wildman–Crippen MR) is 65.0 cm³/mol. The van der Waals surface area contributed by atoms with Crippen molar-refractivity contribution >= 4 is 11.5 Å². The first-order chi connectivity index (χ1) is 8.45. The highest BCUT2D eigenvalue weighted by molar-refractivity contribution is 5.56. The van der Waals surface area contributed by atoms with Gasteiger partial charge >= 0.3 is 0 Å². The SMILES string of the molecule is CCC(C)(CO)Nc1ncc([N+](=O)[O-])cc1C#N. The van der Waals surface area contributed by atoms with Crippen LogP contribution in [-0.2, 0) is 0 Å². The number of nitrogens with zero attached hydrogens (tertiary/aromatic N) is 3. The van der Waals surface area contributed by atoms with Crippen LogP contribution in [0.5, 0.6) is 0 Å². The minimum absolute atomic E-state index is 0.0809. The van der Waals surface area contributed by atoms with Crippen molar-refractivity contribution in [3.05, 3.63) is 27.9 Å². The van der Waals surface area contributed by atoms with Crippen LogP contribution in [0.2, 0.25) is 0 Å². The van der Waals surface area contributed by atoms with E-state index < -0.39 is 10.5 Å². The van der Waals surface area contributed by atoms with E-state index in [4.69, 9.17) is 5.26 Å². The molecular formula is C11H14N4O3. The Kier molecular flexibility index (Phi) is 4.18. The fourth-order valence-electron chi connectivity index (χ4n) is 1.26. The molecule has 2 N–H and O–H groups in total. The van der Waals surface area contributed by atoms with E-state index in [1.165, 1.54) is 0 Å². The van der Waals surface area contributed by atoms with Gasteiger partial charge in [0.25, 0.3) is 5.69 Å². The Balaban J connectivity index is 3.11. The fourth-order valence-corrected chi connectivity index (χ4v) is 1.26. The summed E-state index contributed by atoms with van der Waals surface area (Å²) in [5.74, 6) is 0.238. The quantitative estimate of drug-likeness (QED) is 0.604. The van der Waals surface area contributed by atoms with Gasteiger partial charge in [-0.15, -0.1) is 0 Å². The molecule has 0 aliphatic carbocycles. The minimum Gasteiger partial charge on any atom is -0.394 e. The van der Waals surface area contributed by atoms with E-state index >= 15 is 0 Å². The van der Waals surface area contributed by atoms with Crippen molar-refractivity contribution in [3.63, 3.8) is 0 Å². The molecule has 0 spiro atoms. The highest BCUT2D eigenvalue weighted by Gasteiger charge is 2.23. The van der Waals surface area contributed by atoms with Gasteiger partial charge in [-0.1, -0.05) is 6.92 Å². The Hall–Kier alpha value is -2.20. The maximum Gasteiger partial charge on any atom is 0.289 e. The third kappa shape index (κ3) is 2.93. The van der Waals surface area contributed by atoms with Crippen LogP contribution in [0.1, 0.15) is 25.8 Å². The zero-order valence-corrected chi connectivity index (χ0v) is 10.2. The number of nitrogens with one attached hydrogen (secondary N) is 1. The summed E-state index contributed by atoms with van der Waals surface area (Å²) in [6.45, 7) is 3.52. The van der Waals surface area contributed by atoms with Crippen molar-refractivity contribution in [2.75, 3.05) is 11.9 Å². The second-order valence-corrected chi connectivity index (χ2v) is 4.16. The predicted octanol–water partition coefficient (Wildman–Crippen LogP) is 1.43. The lowest BCUT2D eigenvalue weighted by Gasteiger charge is -2.28.